The fourth-order valence-corrected chi connectivity index (χ4v) is 2.64. The van der Waals surface area contributed by atoms with Gasteiger partial charge in [-0.25, -0.2) is 0 Å². The zero-order valence-corrected chi connectivity index (χ0v) is 11.1. The Balaban J connectivity index is 1.93. The average Bonchev–Trinajstić information content (AvgIpc) is 2.90. The van der Waals surface area contributed by atoms with Crippen LogP contribution in [0.1, 0.15) is 43.6 Å². The fourth-order valence-electron chi connectivity index (χ4n) is 2.64. The van der Waals surface area contributed by atoms with Crippen molar-refractivity contribution in [2.75, 3.05) is 0 Å². The van der Waals surface area contributed by atoms with Crippen molar-refractivity contribution in [2.24, 2.45) is 5.73 Å². The topological polar surface area (TPSA) is 77.8 Å². The molecule has 1 aliphatic carbocycles. The minimum Gasteiger partial charge on any atom is -0.337 e. The first-order valence-electron chi connectivity index (χ1n) is 6.74. The van der Waals surface area contributed by atoms with Crippen LogP contribution >= 0.6 is 0 Å². The SMILES string of the molecule is Cc1cccnc1-c1noc(C2(N)CCCCC2)n1. The minimum atomic E-state index is -0.452. The van der Waals surface area contributed by atoms with E-state index in [2.05, 4.69) is 15.1 Å². The predicted molar refractivity (Wildman–Crippen MR) is 71.2 cm³/mol. The van der Waals surface area contributed by atoms with E-state index in [9.17, 15) is 0 Å². The third-order valence-electron chi connectivity index (χ3n) is 3.82. The Hall–Kier alpha value is -1.75. The number of aryl methyl sites for hydroxylation is 1. The molecule has 0 saturated heterocycles. The molecule has 0 bridgehead atoms. The van der Waals surface area contributed by atoms with Crippen LogP contribution in [0.5, 0.6) is 0 Å². The minimum absolute atomic E-state index is 0.452. The molecule has 2 aromatic rings. The Morgan fingerprint density at radius 2 is 2.05 bits per heavy atom. The largest absolute Gasteiger partial charge is 0.337 e. The van der Waals surface area contributed by atoms with Crippen molar-refractivity contribution >= 4 is 0 Å². The van der Waals surface area contributed by atoms with E-state index in [0.29, 0.717) is 11.7 Å². The first-order chi connectivity index (χ1) is 9.19. The van der Waals surface area contributed by atoms with Gasteiger partial charge >= 0.3 is 0 Å². The molecule has 1 fully saturated rings. The molecule has 0 radical (unpaired) electrons. The third-order valence-corrected chi connectivity index (χ3v) is 3.82. The van der Waals surface area contributed by atoms with E-state index in [4.69, 9.17) is 10.3 Å². The van der Waals surface area contributed by atoms with Crippen LogP contribution in [-0.4, -0.2) is 15.1 Å². The van der Waals surface area contributed by atoms with Crippen LogP contribution in [0.2, 0.25) is 0 Å². The van der Waals surface area contributed by atoms with Crippen LogP contribution in [0, 0.1) is 6.92 Å². The number of rotatable bonds is 2. The normalized spacial score (nSPS) is 18.4. The Labute approximate surface area is 112 Å². The number of pyridine rings is 1. The van der Waals surface area contributed by atoms with Crippen LogP contribution in [0.15, 0.2) is 22.9 Å². The lowest BCUT2D eigenvalue weighted by molar-refractivity contribution is 0.220. The summed E-state index contributed by atoms with van der Waals surface area (Å²) in [6, 6.07) is 3.88. The number of hydrogen-bond donors (Lipinski definition) is 1. The monoisotopic (exact) mass is 258 g/mol. The van der Waals surface area contributed by atoms with Crippen molar-refractivity contribution in [3.8, 4) is 11.5 Å². The quantitative estimate of drug-likeness (QED) is 0.895. The molecule has 0 atom stereocenters. The Morgan fingerprint density at radius 1 is 1.26 bits per heavy atom. The molecule has 0 spiro atoms. The van der Waals surface area contributed by atoms with E-state index >= 15 is 0 Å². The van der Waals surface area contributed by atoms with E-state index in [1.54, 1.807) is 6.20 Å². The van der Waals surface area contributed by atoms with Crippen molar-refractivity contribution < 1.29 is 4.52 Å². The summed E-state index contributed by atoms with van der Waals surface area (Å²) in [5.41, 5.74) is 7.73. The highest BCUT2D eigenvalue weighted by molar-refractivity contribution is 5.53. The summed E-state index contributed by atoms with van der Waals surface area (Å²) in [5.74, 6) is 1.08. The highest BCUT2D eigenvalue weighted by Gasteiger charge is 2.35. The Morgan fingerprint density at radius 3 is 2.79 bits per heavy atom. The molecule has 3 rings (SSSR count). The van der Waals surface area contributed by atoms with Crippen molar-refractivity contribution in [1.82, 2.24) is 15.1 Å². The van der Waals surface area contributed by atoms with Crippen molar-refractivity contribution in [3.05, 3.63) is 29.8 Å². The Bertz CT molecular complexity index is 572. The van der Waals surface area contributed by atoms with Gasteiger partial charge in [-0.2, -0.15) is 4.98 Å². The summed E-state index contributed by atoms with van der Waals surface area (Å²) in [5, 5.41) is 4.04. The van der Waals surface area contributed by atoms with Gasteiger partial charge in [0.2, 0.25) is 11.7 Å². The molecule has 5 nitrogen and oxygen atoms in total. The Kier molecular flexibility index (Phi) is 3.06. The van der Waals surface area contributed by atoms with E-state index in [0.717, 1.165) is 36.9 Å². The molecular formula is C14H18N4O. The summed E-state index contributed by atoms with van der Waals surface area (Å²) in [6.45, 7) is 1.98. The van der Waals surface area contributed by atoms with Crippen LogP contribution in [-0.2, 0) is 5.54 Å². The van der Waals surface area contributed by atoms with Gasteiger partial charge in [0.05, 0.1) is 5.54 Å². The number of aromatic nitrogens is 3. The lowest BCUT2D eigenvalue weighted by Crippen LogP contribution is -2.38. The maximum Gasteiger partial charge on any atom is 0.247 e. The van der Waals surface area contributed by atoms with Crippen molar-refractivity contribution in [2.45, 2.75) is 44.6 Å². The van der Waals surface area contributed by atoms with Crippen molar-refractivity contribution in [3.63, 3.8) is 0 Å². The number of hydrogen-bond acceptors (Lipinski definition) is 5. The molecule has 2 aromatic heterocycles. The van der Waals surface area contributed by atoms with Gasteiger partial charge in [0, 0.05) is 6.20 Å². The molecule has 2 heterocycles. The molecular weight excluding hydrogens is 240 g/mol. The van der Waals surface area contributed by atoms with Gasteiger partial charge < -0.3 is 10.3 Å². The third kappa shape index (κ3) is 2.26. The van der Waals surface area contributed by atoms with Crippen LogP contribution < -0.4 is 5.73 Å². The zero-order chi connectivity index (χ0) is 13.3. The van der Waals surface area contributed by atoms with E-state index in [1.165, 1.54) is 6.42 Å². The zero-order valence-electron chi connectivity index (χ0n) is 11.1. The van der Waals surface area contributed by atoms with Crippen LogP contribution in [0.25, 0.3) is 11.5 Å². The molecule has 2 N–H and O–H groups in total. The molecule has 0 aromatic carbocycles. The lowest BCUT2D eigenvalue weighted by Gasteiger charge is -2.29. The average molecular weight is 258 g/mol. The summed E-state index contributed by atoms with van der Waals surface area (Å²) >= 11 is 0. The molecule has 0 unspecified atom stereocenters. The molecule has 0 amide bonds. The highest BCUT2D eigenvalue weighted by atomic mass is 16.5. The summed E-state index contributed by atoms with van der Waals surface area (Å²) in [4.78, 5) is 8.78. The number of nitrogens with two attached hydrogens (primary N) is 1. The first-order valence-corrected chi connectivity index (χ1v) is 6.74. The van der Waals surface area contributed by atoms with Crippen molar-refractivity contribution in [1.29, 1.82) is 0 Å². The van der Waals surface area contributed by atoms with E-state index in [1.807, 2.05) is 19.1 Å². The molecule has 1 saturated carbocycles. The predicted octanol–water partition coefficient (Wildman–Crippen LogP) is 2.56. The second kappa shape index (κ2) is 4.74. The number of nitrogens with zero attached hydrogens (tertiary/aromatic N) is 3. The highest BCUT2D eigenvalue weighted by Crippen LogP contribution is 2.34. The van der Waals surface area contributed by atoms with Gasteiger partial charge in [0.25, 0.3) is 0 Å². The first kappa shape index (κ1) is 12.3. The smallest absolute Gasteiger partial charge is 0.247 e. The molecule has 0 aliphatic heterocycles. The molecule has 1 aliphatic rings. The molecule has 100 valence electrons. The second-order valence-electron chi connectivity index (χ2n) is 5.31. The lowest BCUT2D eigenvalue weighted by atomic mass is 9.82. The molecule has 19 heavy (non-hydrogen) atoms. The van der Waals surface area contributed by atoms with Crippen LogP contribution in [0.4, 0.5) is 0 Å². The van der Waals surface area contributed by atoms with Gasteiger partial charge in [-0.3, -0.25) is 4.98 Å². The standard InChI is InChI=1S/C14H18N4O/c1-10-6-5-9-16-11(10)12-17-13(19-18-12)14(15)7-3-2-4-8-14/h5-6,9H,2-4,7-8,15H2,1H3. The maximum atomic E-state index is 6.39. The van der Waals surface area contributed by atoms with E-state index in [-0.39, 0.29) is 0 Å². The summed E-state index contributed by atoms with van der Waals surface area (Å²) < 4.78 is 5.39. The summed E-state index contributed by atoms with van der Waals surface area (Å²) in [6.07, 6.45) is 7.04. The van der Waals surface area contributed by atoms with Gasteiger partial charge in [-0.1, -0.05) is 30.5 Å². The molecule has 5 heteroatoms. The van der Waals surface area contributed by atoms with Gasteiger partial charge in [-0.15, -0.1) is 0 Å². The maximum absolute atomic E-state index is 6.39. The van der Waals surface area contributed by atoms with Gasteiger partial charge in [0.1, 0.15) is 5.69 Å². The summed E-state index contributed by atoms with van der Waals surface area (Å²) in [7, 11) is 0. The van der Waals surface area contributed by atoms with Gasteiger partial charge in [0.15, 0.2) is 0 Å². The second-order valence-corrected chi connectivity index (χ2v) is 5.31. The van der Waals surface area contributed by atoms with E-state index < -0.39 is 5.54 Å². The fraction of sp³-hybridized carbons (Fsp3) is 0.500. The van der Waals surface area contributed by atoms with Gasteiger partial charge in [-0.05, 0) is 31.4 Å². The van der Waals surface area contributed by atoms with Crippen LogP contribution in [0.3, 0.4) is 0 Å².